The zero-order valence-corrected chi connectivity index (χ0v) is 22.0. The minimum atomic E-state index is -0.314. The Kier molecular flexibility index (Phi) is 8.19. The number of methoxy groups -OCH3 is 1. The summed E-state index contributed by atoms with van der Waals surface area (Å²) in [5.74, 6) is 0.720. The summed E-state index contributed by atoms with van der Waals surface area (Å²) in [6.07, 6.45) is 11.6. The maximum atomic E-state index is 14.2. The average molecular weight is 521 g/mol. The molecular formula is C30H33FN2O3S. The van der Waals surface area contributed by atoms with Gasteiger partial charge in [-0.15, -0.1) is 11.3 Å². The van der Waals surface area contributed by atoms with Crippen LogP contribution in [-0.2, 0) is 19.4 Å². The molecule has 7 heteroatoms. The van der Waals surface area contributed by atoms with Crippen LogP contribution >= 0.6 is 11.3 Å². The number of thiophene rings is 1. The van der Waals surface area contributed by atoms with Gasteiger partial charge in [0, 0.05) is 28.3 Å². The SMILES string of the molecule is COc1cccc(/C=N\c2sc3c(c2C(=O)NC2CCCCC2)CCCC3)c1OCc1ccccc1F. The van der Waals surface area contributed by atoms with Crippen LogP contribution in [0.25, 0.3) is 0 Å². The third-order valence-corrected chi connectivity index (χ3v) is 8.40. The highest BCUT2D eigenvalue weighted by molar-refractivity contribution is 7.16. The predicted molar refractivity (Wildman–Crippen MR) is 146 cm³/mol. The van der Waals surface area contributed by atoms with Crippen molar-refractivity contribution in [3.8, 4) is 11.5 Å². The van der Waals surface area contributed by atoms with Crippen LogP contribution in [-0.4, -0.2) is 25.3 Å². The van der Waals surface area contributed by atoms with E-state index in [9.17, 15) is 9.18 Å². The van der Waals surface area contributed by atoms with Crippen molar-refractivity contribution in [1.82, 2.24) is 5.32 Å². The van der Waals surface area contributed by atoms with Crippen molar-refractivity contribution < 1.29 is 18.7 Å². The highest BCUT2D eigenvalue weighted by Gasteiger charge is 2.27. The number of carbonyl (C=O) groups excluding carboxylic acids is 1. The molecule has 2 aromatic carbocycles. The molecule has 0 aliphatic heterocycles. The summed E-state index contributed by atoms with van der Waals surface area (Å²) in [5, 5.41) is 4.04. The number of fused-ring (bicyclic) bond motifs is 1. The van der Waals surface area contributed by atoms with Crippen molar-refractivity contribution in [2.75, 3.05) is 7.11 Å². The number of hydrogen-bond acceptors (Lipinski definition) is 5. The van der Waals surface area contributed by atoms with E-state index in [1.165, 1.54) is 35.8 Å². The molecule has 1 saturated carbocycles. The Balaban J connectivity index is 1.43. The fraction of sp³-hybridized carbons (Fsp3) is 0.400. The van der Waals surface area contributed by atoms with Gasteiger partial charge in [-0.25, -0.2) is 9.38 Å². The van der Waals surface area contributed by atoms with Gasteiger partial charge in [-0.1, -0.05) is 43.5 Å². The lowest BCUT2D eigenvalue weighted by Gasteiger charge is -2.23. The molecule has 37 heavy (non-hydrogen) atoms. The Hall–Kier alpha value is -3.19. The van der Waals surface area contributed by atoms with Crippen molar-refractivity contribution in [2.45, 2.75) is 70.4 Å². The molecule has 3 aromatic rings. The number of nitrogens with zero attached hydrogens (tertiary/aromatic N) is 1. The molecule has 1 heterocycles. The number of ether oxygens (including phenoxy) is 2. The van der Waals surface area contributed by atoms with Crippen LogP contribution in [0.15, 0.2) is 47.5 Å². The number of benzene rings is 2. The van der Waals surface area contributed by atoms with E-state index in [0.29, 0.717) is 22.6 Å². The van der Waals surface area contributed by atoms with E-state index in [1.54, 1.807) is 48.9 Å². The zero-order valence-electron chi connectivity index (χ0n) is 21.2. The molecule has 194 valence electrons. The first kappa shape index (κ1) is 25.5. The topological polar surface area (TPSA) is 59.9 Å². The number of aliphatic imine (C=N–C) groups is 1. The summed E-state index contributed by atoms with van der Waals surface area (Å²) in [6, 6.07) is 12.4. The van der Waals surface area contributed by atoms with Gasteiger partial charge >= 0.3 is 0 Å². The smallest absolute Gasteiger partial charge is 0.254 e. The molecule has 0 radical (unpaired) electrons. The van der Waals surface area contributed by atoms with E-state index in [0.717, 1.165) is 49.1 Å². The fourth-order valence-corrected chi connectivity index (χ4v) is 6.45. The second kappa shape index (κ2) is 11.9. The van der Waals surface area contributed by atoms with Gasteiger partial charge in [0.15, 0.2) is 11.5 Å². The molecule has 2 aliphatic rings. The Bertz CT molecular complexity index is 1280. The van der Waals surface area contributed by atoms with Crippen LogP contribution in [0.3, 0.4) is 0 Å². The number of nitrogens with one attached hydrogen (secondary N) is 1. The van der Waals surface area contributed by atoms with Gasteiger partial charge in [-0.05, 0) is 62.3 Å². The van der Waals surface area contributed by atoms with E-state index < -0.39 is 0 Å². The molecule has 0 atom stereocenters. The maximum Gasteiger partial charge on any atom is 0.254 e. The van der Waals surface area contributed by atoms with Crippen molar-refractivity contribution in [1.29, 1.82) is 0 Å². The normalized spacial score (nSPS) is 15.9. The van der Waals surface area contributed by atoms with Crippen molar-refractivity contribution >= 4 is 28.5 Å². The van der Waals surface area contributed by atoms with E-state index in [-0.39, 0.29) is 24.4 Å². The molecule has 0 spiro atoms. The summed E-state index contributed by atoms with van der Waals surface area (Å²) < 4.78 is 25.7. The summed E-state index contributed by atoms with van der Waals surface area (Å²) in [5.41, 5.74) is 3.07. The average Bonchev–Trinajstić information content (AvgIpc) is 3.30. The second-order valence-electron chi connectivity index (χ2n) is 9.72. The molecule has 5 nitrogen and oxygen atoms in total. The van der Waals surface area contributed by atoms with Crippen LogP contribution in [0.1, 0.15) is 76.9 Å². The highest BCUT2D eigenvalue weighted by atomic mass is 32.1. The first-order chi connectivity index (χ1) is 18.1. The molecule has 1 amide bonds. The lowest BCUT2D eigenvalue weighted by atomic mass is 9.93. The highest BCUT2D eigenvalue weighted by Crippen LogP contribution is 2.40. The van der Waals surface area contributed by atoms with Crippen molar-refractivity contribution in [3.05, 3.63) is 75.4 Å². The molecule has 0 unspecified atom stereocenters. The molecular weight excluding hydrogens is 487 g/mol. The molecule has 0 saturated heterocycles. The van der Waals surface area contributed by atoms with Crippen LogP contribution in [0.4, 0.5) is 9.39 Å². The number of halogens is 1. The largest absolute Gasteiger partial charge is 0.493 e. The maximum absolute atomic E-state index is 14.2. The summed E-state index contributed by atoms with van der Waals surface area (Å²) in [4.78, 5) is 19.6. The number of hydrogen-bond donors (Lipinski definition) is 1. The minimum absolute atomic E-state index is 0.000110. The van der Waals surface area contributed by atoms with Gasteiger partial charge in [0.2, 0.25) is 0 Å². The number of amides is 1. The Morgan fingerprint density at radius 3 is 2.70 bits per heavy atom. The number of aryl methyl sites for hydroxylation is 1. The summed E-state index contributed by atoms with van der Waals surface area (Å²) in [7, 11) is 1.58. The van der Waals surface area contributed by atoms with Crippen molar-refractivity contribution in [3.63, 3.8) is 0 Å². The second-order valence-corrected chi connectivity index (χ2v) is 10.8. The number of para-hydroxylation sites is 1. The van der Waals surface area contributed by atoms with Crippen LogP contribution in [0.2, 0.25) is 0 Å². The number of carbonyl (C=O) groups is 1. The lowest BCUT2D eigenvalue weighted by molar-refractivity contribution is 0.0927. The Morgan fingerprint density at radius 2 is 1.89 bits per heavy atom. The predicted octanol–water partition coefficient (Wildman–Crippen LogP) is 7.17. The molecule has 1 aromatic heterocycles. The Labute approximate surface area is 221 Å². The Morgan fingerprint density at radius 1 is 1.08 bits per heavy atom. The molecule has 5 rings (SSSR count). The molecule has 0 bridgehead atoms. The van der Waals surface area contributed by atoms with Gasteiger partial charge in [-0.2, -0.15) is 0 Å². The fourth-order valence-electron chi connectivity index (χ4n) is 5.22. The van der Waals surface area contributed by atoms with Crippen molar-refractivity contribution in [2.24, 2.45) is 4.99 Å². The molecule has 2 aliphatic carbocycles. The van der Waals surface area contributed by atoms with Crippen LogP contribution in [0, 0.1) is 5.82 Å². The van der Waals surface area contributed by atoms with Gasteiger partial charge in [0.25, 0.3) is 5.91 Å². The lowest BCUT2D eigenvalue weighted by Crippen LogP contribution is -2.36. The van der Waals surface area contributed by atoms with E-state index in [4.69, 9.17) is 14.5 Å². The minimum Gasteiger partial charge on any atom is -0.493 e. The van der Waals surface area contributed by atoms with Crippen LogP contribution in [0.5, 0.6) is 11.5 Å². The first-order valence-corrected chi connectivity index (χ1v) is 14.0. The van der Waals surface area contributed by atoms with Gasteiger partial charge in [0.05, 0.1) is 12.7 Å². The van der Waals surface area contributed by atoms with E-state index in [1.807, 2.05) is 12.1 Å². The first-order valence-electron chi connectivity index (χ1n) is 13.2. The van der Waals surface area contributed by atoms with E-state index >= 15 is 0 Å². The zero-order chi connectivity index (χ0) is 25.6. The van der Waals surface area contributed by atoms with Gasteiger partial charge < -0.3 is 14.8 Å². The standard InChI is InChI=1S/C30H33FN2O3S/c1-35-25-16-9-11-20(28(25)36-19-21-10-5-7-15-24(21)31)18-32-30-27(23-14-6-8-17-26(23)37-30)29(34)33-22-12-3-2-4-13-22/h5,7,9-11,15-16,18,22H,2-4,6,8,12-14,17,19H2,1H3,(H,33,34)/b32-18-. The molecule has 1 fully saturated rings. The quantitative estimate of drug-likeness (QED) is 0.321. The van der Waals surface area contributed by atoms with Gasteiger partial charge in [0.1, 0.15) is 17.4 Å². The third-order valence-electron chi connectivity index (χ3n) is 7.20. The number of rotatable bonds is 8. The third kappa shape index (κ3) is 5.87. The van der Waals surface area contributed by atoms with Gasteiger partial charge in [-0.3, -0.25) is 4.79 Å². The summed E-state index contributed by atoms with van der Waals surface area (Å²) in [6.45, 7) is 0.0657. The van der Waals surface area contributed by atoms with E-state index in [2.05, 4.69) is 5.32 Å². The monoisotopic (exact) mass is 520 g/mol. The molecule has 1 N–H and O–H groups in total. The van der Waals surface area contributed by atoms with Crippen LogP contribution < -0.4 is 14.8 Å². The summed E-state index contributed by atoms with van der Waals surface area (Å²) >= 11 is 1.62.